The molecular weight excluding hydrogens is 442 g/mol. The Kier molecular flexibility index (Phi) is 5.81. The van der Waals surface area contributed by atoms with Crippen LogP contribution in [-0.2, 0) is 19.1 Å². The molecule has 3 rings (SSSR count). The van der Waals surface area contributed by atoms with E-state index in [1.54, 1.807) is 0 Å². The van der Waals surface area contributed by atoms with Gasteiger partial charge < -0.3 is 25.4 Å². The first-order chi connectivity index (χ1) is 13.4. The van der Waals surface area contributed by atoms with Crippen molar-refractivity contribution in [1.29, 1.82) is 0 Å². The van der Waals surface area contributed by atoms with E-state index in [-0.39, 0.29) is 35.1 Å². The van der Waals surface area contributed by atoms with Crippen molar-refractivity contribution in [2.45, 2.75) is 75.2 Å². The summed E-state index contributed by atoms with van der Waals surface area (Å²) in [5, 5.41) is 15.7. The van der Waals surface area contributed by atoms with Crippen LogP contribution in [0.5, 0.6) is 0 Å². The highest BCUT2D eigenvalue weighted by Gasteiger charge is 2.77. The van der Waals surface area contributed by atoms with Crippen LogP contribution in [0.3, 0.4) is 0 Å². The van der Waals surface area contributed by atoms with Gasteiger partial charge in [-0.05, 0) is 33.1 Å². The molecule has 0 aromatic heterocycles. The van der Waals surface area contributed by atoms with Gasteiger partial charge in [0.25, 0.3) is 0 Å². The van der Waals surface area contributed by atoms with Crippen LogP contribution in [0, 0.1) is 17.8 Å². The van der Waals surface area contributed by atoms with Crippen molar-refractivity contribution in [2.24, 2.45) is 17.8 Å². The second-order valence-electron chi connectivity index (χ2n) is 9.76. The summed E-state index contributed by atoms with van der Waals surface area (Å²) >= 11 is 3.61. The largest absolute Gasteiger partial charge is 0.394 e. The molecule has 29 heavy (non-hydrogen) atoms. The topological polar surface area (TPSA) is 108 Å². The van der Waals surface area contributed by atoms with Crippen LogP contribution < -0.4 is 10.6 Å². The molecule has 164 valence electrons. The highest BCUT2D eigenvalue weighted by atomic mass is 79.9. The zero-order valence-corrected chi connectivity index (χ0v) is 19.4. The minimum Gasteiger partial charge on any atom is -0.394 e. The number of alkyl halides is 1. The Hall–Kier alpha value is -1.19. The monoisotopic (exact) mass is 473 g/mol. The Labute approximate surface area is 180 Å². The molecule has 7 atom stereocenters. The molecule has 3 fully saturated rings. The zero-order chi connectivity index (χ0) is 21.9. The summed E-state index contributed by atoms with van der Waals surface area (Å²) in [6, 6.07) is -1.45. The minimum atomic E-state index is -1.09. The van der Waals surface area contributed by atoms with Crippen LogP contribution in [0.1, 0.15) is 41.0 Å². The van der Waals surface area contributed by atoms with Gasteiger partial charge in [-0.1, -0.05) is 29.8 Å². The van der Waals surface area contributed by atoms with E-state index in [9.17, 15) is 19.5 Å². The Morgan fingerprint density at radius 1 is 1.34 bits per heavy atom. The second kappa shape index (κ2) is 7.50. The molecule has 0 radical (unpaired) electrons. The van der Waals surface area contributed by atoms with Crippen molar-refractivity contribution in [3.8, 4) is 0 Å². The fourth-order valence-corrected chi connectivity index (χ4v) is 6.19. The predicted octanol–water partition coefficient (Wildman–Crippen LogP) is 0.412. The number of nitrogens with zero attached hydrogens (tertiary/aromatic N) is 1. The molecule has 3 unspecified atom stereocenters. The van der Waals surface area contributed by atoms with Crippen molar-refractivity contribution in [3.05, 3.63) is 0 Å². The van der Waals surface area contributed by atoms with Gasteiger partial charge in [-0.3, -0.25) is 14.4 Å². The fraction of sp³-hybridized carbons (Fsp3) is 0.850. The average molecular weight is 474 g/mol. The highest BCUT2D eigenvalue weighted by Crippen LogP contribution is 2.60. The van der Waals surface area contributed by atoms with E-state index in [0.717, 1.165) is 0 Å². The van der Waals surface area contributed by atoms with E-state index in [1.165, 1.54) is 11.9 Å². The van der Waals surface area contributed by atoms with Crippen molar-refractivity contribution >= 4 is 33.7 Å². The van der Waals surface area contributed by atoms with E-state index in [1.807, 2.05) is 34.6 Å². The zero-order valence-electron chi connectivity index (χ0n) is 17.9. The van der Waals surface area contributed by atoms with Gasteiger partial charge in [-0.2, -0.15) is 0 Å². The van der Waals surface area contributed by atoms with Gasteiger partial charge in [0.2, 0.25) is 17.7 Å². The molecule has 8 nitrogen and oxygen atoms in total. The van der Waals surface area contributed by atoms with Gasteiger partial charge in [0.15, 0.2) is 0 Å². The van der Waals surface area contributed by atoms with Gasteiger partial charge >= 0.3 is 0 Å². The number of rotatable bonds is 5. The van der Waals surface area contributed by atoms with Gasteiger partial charge in [0.05, 0.1) is 30.6 Å². The summed E-state index contributed by atoms with van der Waals surface area (Å²) < 4.78 is 6.34. The molecule has 9 heteroatoms. The van der Waals surface area contributed by atoms with Crippen LogP contribution in [0.15, 0.2) is 0 Å². The molecule has 3 N–H and O–H groups in total. The van der Waals surface area contributed by atoms with Crippen molar-refractivity contribution in [1.82, 2.24) is 15.5 Å². The Morgan fingerprint density at radius 3 is 2.45 bits per heavy atom. The lowest BCUT2D eigenvalue weighted by Crippen LogP contribution is -2.61. The summed E-state index contributed by atoms with van der Waals surface area (Å²) in [5.41, 5.74) is -1.59. The van der Waals surface area contributed by atoms with E-state index in [0.29, 0.717) is 6.42 Å². The van der Waals surface area contributed by atoms with Gasteiger partial charge in [-0.15, -0.1) is 0 Å². The summed E-state index contributed by atoms with van der Waals surface area (Å²) in [5.74, 6) is -2.36. The number of likely N-dealkylation sites (tertiary alicyclic amines) is 1. The Morgan fingerprint density at radius 2 is 1.97 bits per heavy atom. The summed E-state index contributed by atoms with van der Waals surface area (Å²) in [6.45, 7) is 9.17. The normalized spacial score (nSPS) is 37.1. The van der Waals surface area contributed by atoms with Crippen LogP contribution in [0.2, 0.25) is 0 Å². The predicted molar refractivity (Wildman–Crippen MR) is 110 cm³/mol. The van der Waals surface area contributed by atoms with E-state index in [2.05, 4.69) is 26.6 Å². The smallest absolute Gasteiger partial charge is 0.246 e. The van der Waals surface area contributed by atoms with Crippen LogP contribution >= 0.6 is 15.9 Å². The SMILES string of the molecule is CNC(=O)[C@H]1[C@@H]2OC3(CC2Br)C(C(=O)NC(C)(C)C)N([C@@H](CO)C(C)C)C(=O)[C@H]13. The number of hydrogen-bond donors (Lipinski definition) is 3. The number of carbonyl (C=O) groups excluding carboxylic acids is 3. The molecule has 3 aliphatic heterocycles. The molecule has 0 aromatic rings. The lowest BCUT2D eigenvalue weighted by Gasteiger charge is -2.39. The van der Waals surface area contributed by atoms with Gasteiger partial charge in [0, 0.05) is 17.4 Å². The first-order valence-electron chi connectivity index (χ1n) is 10.2. The summed E-state index contributed by atoms with van der Waals surface area (Å²) in [7, 11) is 1.54. The number of hydrogen-bond acceptors (Lipinski definition) is 5. The first kappa shape index (κ1) is 22.5. The van der Waals surface area contributed by atoms with E-state index >= 15 is 0 Å². The summed E-state index contributed by atoms with van der Waals surface area (Å²) in [4.78, 5) is 41.2. The van der Waals surface area contributed by atoms with Crippen LogP contribution in [0.4, 0.5) is 0 Å². The number of nitrogens with one attached hydrogen (secondary N) is 2. The van der Waals surface area contributed by atoms with E-state index in [4.69, 9.17) is 4.74 Å². The number of aliphatic hydroxyl groups excluding tert-OH is 1. The third kappa shape index (κ3) is 3.39. The van der Waals surface area contributed by atoms with Crippen molar-refractivity contribution < 1.29 is 24.2 Å². The van der Waals surface area contributed by atoms with Crippen LogP contribution in [0.25, 0.3) is 0 Å². The Balaban J connectivity index is 2.12. The molecule has 1 spiro atoms. The van der Waals surface area contributed by atoms with Crippen molar-refractivity contribution in [3.63, 3.8) is 0 Å². The maximum absolute atomic E-state index is 13.7. The van der Waals surface area contributed by atoms with E-state index < -0.39 is 41.2 Å². The molecular formula is C20H32BrN3O5. The minimum absolute atomic E-state index is 0.0699. The number of halogens is 1. The number of fused-ring (bicyclic) bond motifs is 1. The number of aliphatic hydroxyl groups is 1. The molecule has 3 saturated heterocycles. The third-order valence-electron chi connectivity index (χ3n) is 6.34. The molecule has 3 amide bonds. The van der Waals surface area contributed by atoms with Gasteiger partial charge in [0.1, 0.15) is 11.6 Å². The Bertz CT molecular complexity index is 709. The molecule has 0 saturated carbocycles. The molecule has 3 heterocycles. The standard InChI is InChI=1S/C20H32BrN3O5/c1-9(2)11(8-25)24-15(17(27)23-19(3,4)5)20-7-10(21)14(29-20)12(16(26)22-6)13(20)18(24)28/h9-15,25H,7-8H2,1-6H3,(H,22,26)(H,23,27)/t10?,11-,12+,13-,14+,15?,20?/m0/s1. The summed E-state index contributed by atoms with van der Waals surface area (Å²) in [6.07, 6.45) is -0.0149. The number of ether oxygens (including phenoxy) is 1. The number of amides is 3. The van der Waals surface area contributed by atoms with Gasteiger partial charge in [-0.25, -0.2) is 0 Å². The van der Waals surface area contributed by atoms with Crippen LogP contribution in [-0.4, -0.2) is 75.5 Å². The average Bonchev–Trinajstić information content (AvgIpc) is 3.17. The third-order valence-corrected chi connectivity index (χ3v) is 7.18. The second-order valence-corrected chi connectivity index (χ2v) is 10.9. The molecule has 2 bridgehead atoms. The first-order valence-corrected chi connectivity index (χ1v) is 11.1. The fourth-order valence-electron chi connectivity index (χ4n) is 5.25. The molecule has 0 aliphatic carbocycles. The highest BCUT2D eigenvalue weighted by molar-refractivity contribution is 9.09. The quantitative estimate of drug-likeness (QED) is 0.501. The van der Waals surface area contributed by atoms with Crippen molar-refractivity contribution in [2.75, 3.05) is 13.7 Å². The lowest BCUT2D eigenvalue weighted by molar-refractivity contribution is -0.147. The maximum Gasteiger partial charge on any atom is 0.246 e. The number of carbonyl (C=O) groups is 3. The lowest BCUT2D eigenvalue weighted by atomic mass is 9.70. The molecule has 3 aliphatic rings. The maximum atomic E-state index is 13.7. The molecule has 0 aromatic carbocycles.